The van der Waals surface area contributed by atoms with E-state index in [1.165, 1.54) is 28.6 Å². The van der Waals surface area contributed by atoms with Gasteiger partial charge in [0.05, 0.1) is 25.2 Å². The van der Waals surface area contributed by atoms with Gasteiger partial charge in [0.1, 0.15) is 11.6 Å². The molecule has 0 spiro atoms. The van der Waals surface area contributed by atoms with E-state index >= 15 is 0 Å². The Morgan fingerprint density at radius 1 is 1.07 bits per heavy atom. The van der Waals surface area contributed by atoms with E-state index in [0.29, 0.717) is 31.9 Å². The third kappa shape index (κ3) is 5.99. The molecule has 2 aromatic rings. The van der Waals surface area contributed by atoms with Crippen molar-refractivity contribution < 1.29 is 22.3 Å². The summed E-state index contributed by atoms with van der Waals surface area (Å²) < 4.78 is 51.7. The molecule has 1 aliphatic rings. The number of nitrogens with zero attached hydrogens (tertiary/aromatic N) is 2. The van der Waals surface area contributed by atoms with Crippen molar-refractivity contribution in [2.45, 2.75) is 17.9 Å². The molecule has 1 saturated heterocycles. The van der Waals surface area contributed by atoms with Crippen LogP contribution in [0.2, 0.25) is 0 Å². The maximum atomic E-state index is 13.3. The Labute approximate surface area is 171 Å². The lowest BCUT2D eigenvalue weighted by atomic mass is 10.2. The van der Waals surface area contributed by atoms with Crippen LogP contribution in [0.4, 0.5) is 4.39 Å². The Morgan fingerprint density at radius 3 is 2.34 bits per heavy atom. The Hall–Kier alpha value is -2.00. The normalized spacial score (nSPS) is 15.6. The first kappa shape index (κ1) is 21.7. The van der Waals surface area contributed by atoms with Crippen LogP contribution >= 0.6 is 0 Å². The predicted octanol–water partition coefficient (Wildman–Crippen LogP) is 2.75. The number of hydrogen-bond donors (Lipinski definition) is 0. The van der Waals surface area contributed by atoms with Crippen LogP contribution in [0, 0.1) is 5.82 Å². The van der Waals surface area contributed by atoms with Crippen molar-refractivity contribution in [2.75, 3.05) is 46.5 Å². The van der Waals surface area contributed by atoms with E-state index in [2.05, 4.69) is 4.90 Å². The highest BCUT2D eigenvalue weighted by Crippen LogP contribution is 2.21. The zero-order valence-corrected chi connectivity index (χ0v) is 17.4. The summed E-state index contributed by atoms with van der Waals surface area (Å²) in [6, 6.07) is 12.3. The van der Waals surface area contributed by atoms with Crippen molar-refractivity contribution in [3.05, 3.63) is 59.9 Å². The molecule has 6 nitrogen and oxygen atoms in total. The van der Waals surface area contributed by atoms with Crippen LogP contribution < -0.4 is 4.74 Å². The number of morpholine rings is 1. The summed E-state index contributed by atoms with van der Waals surface area (Å²) in [7, 11) is -2.15. The zero-order chi connectivity index (χ0) is 20.7. The van der Waals surface area contributed by atoms with Crippen LogP contribution in [0.15, 0.2) is 53.4 Å². The smallest absolute Gasteiger partial charge is 0.243 e. The van der Waals surface area contributed by atoms with Gasteiger partial charge in [-0.25, -0.2) is 12.8 Å². The Balaban J connectivity index is 1.74. The molecule has 158 valence electrons. The largest absolute Gasteiger partial charge is 0.497 e. The summed E-state index contributed by atoms with van der Waals surface area (Å²) in [4.78, 5) is 2.37. The van der Waals surface area contributed by atoms with Gasteiger partial charge in [-0.05, 0) is 54.9 Å². The summed E-state index contributed by atoms with van der Waals surface area (Å²) >= 11 is 0. The lowest BCUT2D eigenvalue weighted by molar-refractivity contribution is 0.0368. The molecule has 0 aromatic heterocycles. The van der Waals surface area contributed by atoms with E-state index in [1.807, 2.05) is 24.3 Å². The van der Waals surface area contributed by atoms with Crippen molar-refractivity contribution in [1.82, 2.24) is 9.21 Å². The third-order valence-corrected chi connectivity index (χ3v) is 6.81. The van der Waals surface area contributed by atoms with E-state index < -0.39 is 15.8 Å². The fourth-order valence-electron chi connectivity index (χ4n) is 3.27. The summed E-state index contributed by atoms with van der Waals surface area (Å²) in [6.07, 6.45) is 0.705. The first-order chi connectivity index (χ1) is 14.0. The van der Waals surface area contributed by atoms with Crippen molar-refractivity contribution >= 4 is 10.0 Å². The SMILES string of the molecule is COc1ccc(CN(CCCN2CCOCC2)S(=O)(=O)c2ccc(F)cc2)cc1. The lowest BCUT2D eigenvalue weighted by Crippen LogP contribution is -2.39. The molecule has 0 N–H and O–H groups in total. The minimum absolute atomic E-state index is 0.0961. The van der Waals surface area contributed by atoms with Gasteiger partial charge >= 0.3 is 0 Å². The standard InChI is InChI=1S/C21H27FN2O4S/c1-27-20-7-3-18(4-8-20)17-24(12-2-11-23-13-15-28-16-14-23)29(25,26)21-9-5-19(22)6-10-21/h3-10H,2,11-17H2,1H3. The third-order valence-electron chi connectivity index (χ3n) is 4.95. The molecule has 29 heavy (non-hydrogen) atoms. The van der Waals surface area contributed by atoms with Gasteiger partial charge in [-0.15, -0.1) is 0 Å². The average Bonchev–Trinajstić information content (AvgIpc) is 2.74. The van der Waals surface area contributed by atoms with E-state index in [9.17, 15) is 12.8 Å². The molecule has 0 radical (unpaired) electrons. The fourth-order valence-corrected chi connectivity index (χ4v) is 4.74. The van der Waals surface area contributed by atoms with E-state index in [1.54, 1.807) is 7.11 Å². The maximum Gasteiger partial charge on any atom is 0.243 e. The maximum absolute atomic E-state index is 13.3. The van der Waals surface area contributed by atoms with Crippen LogP contribution in [-0.2, 0) is 21.3 Å². The molecule has 3 rings (SSSR count). The molecule has 8 heteroatoms. The minimum Gasteiger partial charge on any atom is -0.497 e. The molecule has 0 saturated carbocycles. The number of halogens is 1. The minimum atomic E-state index is -3.74. The number of ether oxygens (including phenoxy) is 2. The molecule has 2 aromatic carbocycles. The quantitative estimate of drug-likeness (QED) is 0.622. The molecule has 1 heterocycles. The van der Waals surface area contributed by atoms with Crippen LogP contribution in [0.5, 0.6) is 5.75 Å². The Morgan fingerprint density at radius 2 is 1.72 bits per heavy atom. The number of rotatable bonds is 9. The van der Waals surface area contributed by atoms with Gasteiger partial charge in [-0.3, -0.25) is 4.90 Å². The highest BCUT2D eigenvalue weighted by atomic mass is 32.2. The highest BCUT2D eigenvalue weighted by Gasteiger charge is 2.25. The van der Waals surface area contributed by atoms with Crippen molar-refractivity contribution in [3.8, 4) is 5.75 Å². The highest BCUT2D eigenvalue weighted by molar-refractivity contribution is 7.89. The average molecular weight is 423 g/mol. The first-order valence-corrected chi connectivity index (χ1v) is 11.1. The van der Waals surface area contributed by atoms with E-state index in [-0.39, 0.29) is 11.4 Å². The number of hydrogen-bond acceptors (Lipinski definition) is 5. The molecule has 1 aliphatic heterocycles. The van der Waals surface area contributed by atoms with Crippen molar-refractivity contribution in [3.63, 3.8) is 0 Å². The Kier molecular flexibility index (Phi) is 7.60. The summed E-state index contributed by atoms with van der Waals surface area (Å²) in [5, 5.41) is 0. The molecule has 0 bridgehead atoms. The van der Waals surface area contributed by atoms with Gasteiger partial charge in [0.25, 0.3) is 0 Å². The van der Waals surface area contributed by atoms with Crippen LogP contribution in [0.3, 0.4) is 0 Å². The zero-order valence-electron chi connectivity index (χ0n) is 16.6. The van der Waals surface area contributed by atoms with Gasteiger partial charge in [0, 0.05) is 26.2 Å². The van der Waals surface area contributed by atoms with Crippen LogP contribution in [-0.4, -0.2) is 64.1 Å². The van der Waals surface area contributed by atoms with Gasteiger partial charge < -0.3 is 9.47 Å². The predicted molar refractivity (Wildman–Crippen MR) is 109 cm³/mol. The van der Waals surface area contributed by atoms with E-state index in [4.69, 9.17) is 9.47 Å². The molecular weight excluding hydrogens is 395 g/mol. The molecule has 0 atom stereocenters. The molecule has 1 fully saturated rings. The topological polar surface area (TPSA) is 59.1 Å². The molecular formula is C21H27FN2O4S. The molecule has 0 amide bonds. The first-order valence-electron chi connectivity index (χ1n) is 9.68. The second-order valence-corrected chi connectivity index (χ2v) is 8.89. The van der Waals surface area contributed by atoms with Gasteiger partial charge in [0.15, 0.2) is 0 Å². The van der Waals surface area contributed by atoms with Gasteiger partial charge in [-0.2, -0.15) is 4.31 Å². The van der Waals surface area contributed by atoms with Crippen molar-refractivity contribution in [2.24, 2.45) is 0 Å². The summed E-state index contributed by atoms with van der Waals surface area (Å²) in [5.41, 5.74) is 0.864. The number of methoxy groups -OCH3 is 1. The summed E-state index contributed by atoms with van der Waals surface area (Å²) in [5.74, 6) is 0.256. The second-order valence-electron chi connectivity index (χ2n) is 6.95. The van der Waals surface area contributed by atoms with E-state index in [0.717, 1.165) is 25.2 Å². The lowest BCUT2D eigenvalue weighted by Gasteiger charge is -2.28. The number of sulfonamides is 1. The second kappa shape index (κ2) is 10.2. The molecule has 0 aliphatic carbocycles. The monoisotopic (exact) mass is 422 g/mol. The molecule has 0 unspecified atom stereocenters. The van der Waals surface area contributed by atoms with Crippen LogP contribution in [0.25, 0.3) is 0 Å². The number of benzene rings is 2. The van der Waals surface area contributed by atoms with Gasteiger partial charge in [0.2, 0.25) is 10.0 Å². The summed E-state index contributed by atoms with van der Waals surface area (Å²) in [6.45, 7) is 4.58. The van der Waals surface area contributed by atoms with Crippen molar-refractivity contribution in [1.29, 1.82) is 0 Å². The Bertz CT molecular complexity index is 867. The van der Waals surface area contributed by atoms with Gasteiger partial charge in [-0.1, -0.05) is 12.1 Å². The fraction of sp³-hybridized carbons (Fsp3) is 0.429. The van der Waals surface area contributed by atoms with Crippen LogP contribution in [0.1, 0.15) is 12.0 Å².